The van der Waals surface area contributed by atoms with Crippen molar-refractivity contribution in [3.8, 4) is 5.82 Å². The van der Waals surface area contributed by atoms with E-state index in [4.69, 9.17) is 4.74 Å². The van der Waals surface area contributed by atoms with Gasteiger partial charge in [-0.3, -0.25) is 9.36 Å². The number of morpholine rings is 1. The lowest BCUT2D eigenvalue weighted by atomic mass is 10.0. The van der Waals surface area contributed by atoms with E-state index in [-0.39, 0.29) is 12.0 Å². The minimum Gasteiger partial charge on any atom is -0.375 e. The number of nitrogens with zero attached hydrogens (tertiary/aromatic N) is 5. The van der Waals surface area contributed by atoms with Crippen molar-refractivity contribution in [3.05, 3.63) is 36.5 Å². The van der Waals surface area contributed by atoms with E-state index < -0.39 is 0 Å². The van der Waals surface area contributed by atoms with E-state index in [1.54, 1.807) is 23.3 Å². The SMILES string of the molecule is CC(C)CCCC1CN(C(=O)c2cccc(-n3cnnc3)n2)CCO1. The normalized spacial score (nSPS) is 17.9. The highest BCUT2D eigenvalue weighted by atomic mass is 16.5. The minimum atomic E-state index is -0.0490. The zero-order valence-electron chi connectivity index (χ0n) is 14.8. The zero-order chi connectivity index (χ0) is 17.6. The number of carbonyl (C=O) groups is 1. The molecule has 0 radical (unpaired) electrons. The average molecular weight is 343 g/mol. The van der Waals surface area contributed by atoms with Crippen LogP contribution in [0.15, 0.2) is 30.9 Å². The Bertz CT molecular complexity index is 687. The number of hydrogen-bond acceptors (Lipinski definition) is 5. The number of carbonyl (C=O) groups excluding carboxylic acids is 1. The van der Waals surface area contributed by atoms with Crippen LogP contribution >= 0.6 is 0 Å². The van der Waals surface area contributed by atoms with Crippen molar-refractivity contribution in [3.63, 3.8) is 0 Å². The van der Waals surface area contributed by atoms with E-state index in [0.717, 1.165) is 12.8 Å². The summed E-state index contributed by atoms with van der Waals surface area (Å²) >= 11 is 0. The Labute approximate surface area is 148 Å². The molecule has 25 heavy (non-hydrogen) atoms. The summed E-state index contributed by atoms with van der Waals surface area (Å²) in [7, 11) is 0. The van der Waals surface area contributed by atoms with Crippen LogP contribution in [0.4, 0.5) is 0 Å². The highest BCUT2D eigenvalue weighted by molar-refractivity contribution is 5.92. The number of ether oxygens (including phenoxy) is 1. The molecule has 134 valence electrons. The lowest BCUT2D eigenvalue weighted by Gasteiger charge is -2.33. The van der Waals surface area contributed by atoms with Gasteiger partial charge in [0.1, 0.15) is 24.2 Å². The lowest BCUT2D eigenvalue weighted by Crippen LogP contribution is -2.45. The van der Waals surface area contributed by atoms with Crippen molar-refractivity contribution in [1.82, 2.24) is 24.6 Å². The summed E-state index contributed by atoms with van der Waals surface area (Å²) in [5.74, 6) is 1.29. The third-order valence-electron chi connectivity index (χ3n) is 4.37. The maximum atomic E-state index is 12.8. The molecular formula is C18H25N5O2. The second-order valence-electron chi connectivity index (χ2n) is 6.82. The maximum absolute atomic E-state index is 12.8. The highest BCUT2D eigenvalue weighted by Gasteiger charge is 2.25. The van der Waals surface area contributed by atoms with Crippen LogP contribution < -0.4 is 0 Å². The van der Waals surface area contributed by atoms with Gasteiger partial charge in [-0.1, -0.05) is 32.8 Å². The molecular weight excluding hydrogens is 318 g/mol. The van der Waals surface area contributed by atoms with Crippen molar-refractivity contribution in [1.29, 1.82) is 0 Å². The third kappa shape index (κ3) is 4.63. The topological polar surface area (TPSA) is 73.1 Å². The van der Waals surface area contributed by atoms with Gasteiger partial charge in [0.2, 0.25) is 0 Å². The summed E-state index contributed by atoms with van der Waals surface area (Å²) < 4.78 is 7.51. The molecule has 1 aliphatic rings. The fourth-order valence-electron chi connectivity index (χ4n) is 3.00. The molecule has 1 saturated heterocycles. The Balaban J connectivity index is 1.63. The van der Waals surface area contributed by atoms with Crippen molar-refractivity contribution in [2.24, 2.45) is 5.92 Å². The van der Waals surface area contributed by atoms with Gasteiger partial charge in [0.15, 0.2) is 0 Å². The maximum Gasteiger partial charge on any atom is 0.272 e. The molecule has 2 aromatic heterocycles. The van der Waals surface area contributed by atoms with Gasteiger partial charge in [-0.25, -0.2) is 4.98 Å². The van der Waals surface area contributed by atoms with E-state index >= 15 is 0 Å². The van der Waals surface area contributed by atoms with Crippen LogP contribution in [0.5, 0.6) is 0 Å². The number of hydrogen-bond donors (Lipinski definition) is 0. The molecule has 0 N–H and O–H groups in total. The van der Waals surface area contributed by atoms with E-state index in [0.29, 0.717) is 37.1 Å². The molecule has 0 spiro atoms. The smallest absolute Gasteiger partial charge is 0.272 e. The molecule has 1 atom stereocenters. The summed E-state index contributed by atoms with van der Waals surface area (Å²) in [4.78, 5) is 19.1. The van der Waals surface area contributed by atoms with E-state index in [9.17, 15) is 4.79 Å². The van der Waals surface area contributed by atoms with Crippen molar-refractivity contribution in [2.75, 3.05) is 19.7 Å². The van der Waals surface area contributed by atoms with Crippen molar-refractivity contribution in [2.45, 2.75) is 39.2 Å². The molecule has 0 saturated carbocycles. The van der Waals surface area contributed by atoms with Gasteiger partial charge in [-0.15, -0.1) is 10.2 Å². The summed E-state index contributed by atoms with van der Waals surface area (Å²) in [5.41, 5.74) is 0.439. The van der Waals surface area contributed by atoms with Gasteiger partial charge < -0.3 is 9.64 Å². The monoisotopic (exact) mass is 343 g/mol. The number of rotatable bonds is 6. The van der Waals surface area contributed by atoms with E-state index in [1.165, 1.54) is 6.42 Å². The Morgan fingerprint density at radius 1 is 1.32 bits per heavy atom. The molecule has 2 aromatic rings. The number of amides is 1. The molecule has 0 aliphatic carbocycles. The first kappa shape index (κ1) is 17.5. The summed E-state index contributed by atoms with van der Waals surface area (Å²) in [6, 6.07) is 5.41. The lowest BCUT2D eigenvalue weighted by molar-refractivity contribution is -0.0262. The van der Waals surface area contributed by atoms with Gasteiger partial charge in [0.25, 0.3) is 5.91 Å². The van der Waals surface area contributed by atoms with Crippen LogP contribution in [0.25, 0.3) is 5.82 Å². The van der Waals surface area contributed by atoms with Crippen molar-refractivity contribution >= 4 is 5.91 Å². The molecule has 1 aliphatic heterocycles. The Morgan fingerprint density at radius 3 is 2.88 bits per heavy atom. The summed E-state index contributed by atoms with van der Waals surface area (Å²) in [5, 5.41) is 7.55. The fraction of sp³-hybridized carbons (Fsp3) is 0.556. The predicted octanol–water partition coefficient (Wildman–Crippen LogP) is 2.33. The van der Waals surface area contributed by atoms with E-state index in [2.05, 4.69) is 29.0 Å². The van der Waals surface area contributed by atoms with Crippen LogP contribution in [0, 0.1) is 5.92 Å². The summed E-state index contributed by atoms with van der Waals surface area (Å²) in [6.45, 7) is 6.29. The number of pyridine rings is 1. The van der Waals surface area contributed by atoms with Crippen LogP contribution in [-0.4, -0.2) is 56.4 Å². The molecule has 1 amide bonds. The van der Waals surface area contributed by atoms with Crippen LogP contribution in [0.3, 0.4) is 0 Å². The Morgan fingerprint density at radius 2 is 2.12 bits per heavy atom. The predicted molar refractivity (Wildman–Crippen MR) is 93.5 cm³/mol. The fourth-order valence-corrected chi connectivity index (χ4v) is 3.00. The van der Waals surface area contributed by atoms with Crippen molar-refractivity contribution < 1.29 is 9.53 Å². The first-order valence-electron chi connectivity index (χ1n) is 8.86. The van der Waals surface area contributed by atoms with Gasteiger partial charge in [0.05, 0.1) is 12.7 Å². The highest BCUT2D eigenvalue weighted by Crippen LogP contribution is 2.16. The van der Waals surface area contributed by atoms with Gasteiger partial charge in [0, 0.05) is 13.1 Å². The Hall–Kier alpha value is -2.28. The molecule has 0 bridgehead atoms. The molecule has 3 rings (SSSR count). The zero-order valence-corrected chi connectivity index (χ0v) is 14.8. The van der Waals surface area contributed by atoms with Gasteiger partial charge >= 0.3 is 0 Å². The second-order valence-corrected chi connectivity index (χ2v) is 6.82. The van der Waals surface area contributed by atoms with Crippen LogP contribution in [0.2, 0.25) is 0 Å². The molecule has 7 heteroatoms. The number of aromatic nitrogens is 4. The molecule has 1 unspecified atom stereocenters. The average Bonchev–Trinajstić information content (AvgIpc) is 3.16. The summed E-state index contributed by atoms with van der Waals surface area (Å²) in [6.07, 6.45) is 6.57. The minimum absolute atomic E-state index is 0.0490. The van der Waals surface area contributed by atoms with Gasteiger partial charge in [-0.05, 0) is 24.5 Å². The quantitative estimate of drug-likeness (QED) is 0.805. The van der Waals surface area contributed by atoms with Crippen LogP contribution in [-0.2, 0) is 4.74 Å². The molecule has 7 nitrogen and oxygen atoms in total. The standard InChI is InChI=1S/C18H25N5O2/c1-14(2)5-3-6-15-11-22(9-10-25-15)18(24)16-7-4-8-17(21-16)23-12-19-20-13-23/h4,7-8,12-15H,3,5-6,9-11H2,1-2H3. The molecule has 1 fully saturated rings. The molecule has 0 aromatic carbocycles. The Kier molecular flexibility index (Phi) is 5.75. The first-order valence-corrected chi connectivity index (χ1v) is 8.86. The largest absolute Gasteiger partial charge is 0.375 e. The third-order valence-corrected chi connectivity index (χ3v) is 4.37. The van der Waals surface area contributed by atoms with Gasteiger partial charge in [-0.2, -0.15) is 0 Å². The van der Waals surface area contributed by atoms with Crippen LogP contribution in [0.1, 0.15) is 43.6 Å². The van der Waals surface area contributed by atoms with E-state index in [1.807, 2.05) is 17.0 Å². The molecule has 3 heterocycles. The first-order chi connectivity index (χ1) is 12.1. The second kappa shape index (κ2) is 8.20.